The molecule has 1 aromatic rings. The van der Waals surface area contributed by atoms with Crippen molar-refractivity contribution in [1.29, 1.82) is 0 Å². The number of hydrogen-bond acceptors (Lipinski definition) is 6. The summed E-state index contributed by atoms with van der Waals surface area (Å²) in [6.45, 7) is 4.78. The zero-order valence-corrected chi connectivity index (χ0v) is 19.8. The van der Waals surface area contributed by atoms with Crippen molar-refractivity contribution in [3.05, 3.63) is 23.8 Å². The van der Waals surface area contributed by atoms with Gasteiger partial charge in [-0.2, -0.15) is 0 Å². The Bertz CT molecular complexity index is 903. The van der Waals surface area contributed by atoms with Crippen molar-refractivity contribution < 1.29 is 27.5 Å². The van der Waals surface area contributed by atoms with Crippen molar-refractivity contribution >= 4 is 21.9 Å². The predicted octanol–water partition coefficient (Wildman–Crippen LogP) is 2.79. The first kappa shape index (κ1) is 24.5. The average Bonchev–Trinajstić information content (AvgIpc) is 2.78. The maximum absolute atomic E-state index is 12.7. The van der Waals surface area contributed by atoms with Gasteiger partial charge in [-0.3, -0.25) is 9.59 Å². The number of aryl methyl sites for hydroxylation is 1. The molecule has 1 aliphatic carbocycles. The maximum atomic E-state index is 12.7. The summed E-state index contributed by atoms with van der Waals surface area (Å²) < 4.78 is 39.0. The molecule has 32 heavy (non-hydrogen) atoms. The Labute approximate surface area is 190 Å². The van der Waals surface area contributed by atoms with Gasteiger partial charge in [0.25, 0.3) is 5.91 Å². The quantitative estimate of drug-likeness (QED) is 0.591. The number of hydrogen-bond donors (Lipinski definition) is 1. The van der Waals surface area contributed by atoms with Gasteiger partial charge >= 0.3 is 5.97 Å². The molecule has 1 N–H and O–H groups in total. The van der Waals surface area contributed by atoms with Gasteiger partial charge in [-0.25, -0.2) is 13.1 Å². The van der Waals surface area contributed by atoms with E-state index in [4.69, 9.17) is 9.47 Å². The van der Waals surface area contributed by atoms with Crippen molar-refractivity contribution in [2.75, 3.05) is 26.3 Å². The fourth-order valence-corrected chi connectivity index (χ4v) is 5.70. The molecule has 0 atom stereocenters. The Morgan fingerprint density at radius 1 is 1.09 bits per heavy atom. The molecule has 0 bridgehead atoms. The van der Waals surface area contributed by atoms with Gasteiger partial charge in [0.2, 0.25) is 10.0 Å². The summed E-state index contributed by atoms with van der Waals surface area (Å²) in [5.74, 6) is -0.0166. The van der Waals surface area contributed by atoms with Gasteiger partial charge in [0, 0.05) is 19.1 Å². The summed E-state index contributed by atoms with van der Waals surface area (Å²) >= 11 is 0. The average molecular weight is 467 g/mol. The number of likely N-dealkylation sites (tertiary alicyclic amines) is 1. The van der Waals surface area contributed by atoms with Crippen molar-refractivity contribution in [2.45, 2.75) is 69.7 Å². The van der Waals surface area contributed by atoms with E-state index in [0.29, 0.717) is 43.9 Å². The van der Waals surface area contributed by atoms with E-state index >= 15 is 0 Å². The van der Waals surface area contributed by atoms with E-state index in [1.165, 1.54) is 6.07 Å². The molecule has 0 spiro atoms. The molecule has 9 heteroatoms. The first-order valence-electron chi connectivity index (χ1n) is 11.5. The van der Waals surface area contributed by atoms with Crippen LogP contribution in [-0.2, 0) is 24.3 Å². The molecule has 1 amide bonds. The number of nitrogens with zero attached hydrogens (tertiary/aromatic N) is 1. The number of benzene rings is 1. The Kier molecular flexibility index (Phi) is 8.53. The summed E-state index contributed by atoms with van der Waals surface area (Å²) in [7, 11) is -3.58. The molecule has 2 aliphatic rings. The highest BCUT2D eigenvalue weighted by atomic mass is 32.2. The molecular formula is C23H34N2O6S. The van der Waals surface area contributed by atoms with Crippen molar-refractivity contribution in [3.8, 4) is 5.75 Å². The lowest BCUT2D eigenvalue weighted by molar-refractivity contribution is -0.151. The Balaban J connectivity index is 1.51. The SMILES string of the molecule is CCOC(=O)C1CCN(C(=O)COc2ccc(S(=O)(=O)NC3CCCCC3)cc2C)CC1. The largest absolute Gasteiger partial charge is 0.483 e. The van der Waals surface area contributed by atoms with E-state index in [0.717, 1.165) is 32.1 Å². The molecule has 0 aromatic heterocycles. The fourth-order valence-electron chi connectivity index (χ4n) is 4.31. The highest BCUT2D eigenvalue weighted by Gasteiger charge is 2.28. The van der Waals surface area contributed by atoms with Crippen LogP contribution >= 0.6 is 0 Å². The minimum absolute atomic E-state index is 0.00410. The molecule has 1 aliphatic heterocycles. The van der Waals surface area contributed by atoms with Gasteiger partial charge in [-0.1, -0.05) is 19.3 Å². The second kappa shape index (κ2) is 11.1. The number of amides is 1. The lowest BCUT2D eigenvalue weighted by Gasteiger charge is -2.30. The smallest absolute Gasteiger partial charge is 0.309 e. The first-order chi connectivity index (χ1) is 15.3. The zero-order valence-electron chi connectivity index (χ0n) is 19.0. The van der Waals surface area contributed by atoms with Crippen molar-refractivity contribution in [1.82, 2.24) is 9.62 Å². The number of esters is 1. The number of piperidine rings is 1. The van der Waals surface area contributed by atoms with Crippen LogP contribution in [0.15, 0.2) is 23.1 Å². The molecular weight excluding hydrogens is 432 g/mol. The van der Waals surface area contributed by atoms with E-state index in [-0.39, 0.29) is 35.3 Å². The number of nitrogens with one attached hydrogen (secondary N) is 1. The third-order valence-electron chi connectivity index (χ3n) is 6.20. The number of carbonyl (C=O) groups excluding carboxylic acids is 2. The Morgan fingerprint density at radius 3 is 2.41 bits per heavy atom. The molecule has 0 unspecified atom stereocenters. The molecule has 3 rings (SSSR count). The lowest BCUT2D eigenvalue weighted by Crippen LogP contribution is -2.42. The monoisotopic (exact) mass is 466 g/mol. The summed E-state index contributed by atoms with van der Waals surface area (Å²) in [5.41, 5.74) is 0.658. The summed E-state index contributed by atoms with van der Waals surface area (Å²) in [6.07, 6.45) is 6.18. The molecule has 1 aromatic carbocycles. The minimum atomic E-state index is -3.58. The van der Waals surface area contributed by atoms with Crippen molar-refractivity contribution in [2.24, 2.45) is 5.92 Å². The van der Waals surface area contributed by atoms with Crippen LogP contribution in [0.3, 0.4) is 0 Å². The van der Waals surface area contributed by atoms with Gasteiger partial charge < -0.3 is 14.4 Å². The summed E-state index contributed by atoms with van der Waals surface area (Å²) in [5, 5.41) is 0. The topological polar surface area (TPSA) is 102 Å². The van der Waals surface area contributed by atoms with Crippen molar-refractivity contribution in [3.63, 3.8) is 0 Å². The van der Waals surface area contributed by atoms with Gasteiger partial charge in [0.05, 0.1) is 17.4 Å². The van der Waals surface area contributed by atoms with Crippen LogP contribution in [-0.4, -0.2) is 57.5 Å². The molecule has 1 saturated carbocycles. The van der Waals surface area contributed by atoms with Gasteiger partial charge in [-0.05, 0) is 63.3 Å². The molecule has 178 valence electrons. The predicted molar refractivity (Wildman–Crippen MR) is 120 cm³/mol. The standard InChI is InChI=1S/C23H34N2O6S/c1-3-30-23(27)18-11-13-25(14-12-18)22(26)16-31-21-10-9-20(15-17(21)2)32(28,29)24-19-7-5-4-6-8-19/h9-10,15,18-19,24H,3-8,11-14,16H2,1-2H3. The Morgan fingerprint density at radius 2 is 1.78 bits per heavy atom. The zero-order chi connectivity index (χ0) is 23.1. The summed E-state index contributed by atoms with van der Waals surface area (Å²) in [4.78, 5) is 26.2. The third kappa shape index (κ3) is 6.45. The minimum Gasteiger partial charge on any atom is -0.483 e. The summed E-state index contributed by atoms with van der Waals surface area (Å²) in [6, 6.07) is 4.69. The molecule has 2 fully saturated rings. The molecule has 0 radical (unpaired) electrons. The van der Waals surface area contributed by atoms with Crippen LogP contribution in [0.25, 0.3) is 0 Å². The van der Waals surface area contributed by atoms with Gasteiger partial charge in [-0.15, -0.1) is 0 Å². The Hall–Kier alpha value is -2.13. The number of carbonyl (C=O) groups is 2. The lowest BCUT2D eigenvalue weighted by atomic mass is 9.96. The van der Waals surface area contributed by atoms with E-state index in [2.05, 4.69) is 4.72 Å². The highest BCUT2D eigenvalue weighted by Crippen LogP contribution is 2.25. The molecule has 1 heterocycles. The number of rotatable bonds is 8. The first-order valence-corrected chi connectivity index (χ1v) is 13.0. The van der Waals surface area contributed by atoms with Crippen LogP contribution in [0.4, 0.5) is 0 Å². The van der Waals surface area contributed by atoms with Gasteiger partial charge in [0.1, 0.15) is 5.75 Å². The second-order valence-electron chi connectivity index (χ2n) is 8.58. The van der Waals surface area contributed by atoms with Crippen LogP contribution < -0.4 is 9.46 Å². The fraction of sp³-hybridized carbons (Fsp3) is 0.652. The van der Waals surface area contributed by atoms with E-state index < -0.39 is 10.0 Å². The second-order valence-corrected chi connectivity index (χ2v) is 10.3. The highest BCUT2D eigenvalue weighted by molar-refractivity contribution is 7.89. The molecule has 1 saturated heterocycles. The van der Waals surface area contributed by atoms with Crippen LogP contribution in [0, 0.1) is 12.8 Å². The van der Waals surface area contributed by atoms with Crippen LogP contribution in [0.2, 0.25) is 0 Å². The van der Waals surface area contributed by atoms with E-state index in [1.54, 1.807) is 30.9 Å². The van der Waals surface area contributed by atoms with E-state index in [1.807, 2.05) is 0 Å². The molecule has 8 nitrogen and oxygen atoms in total. The van der Waals surface area contributed by atoms with Gasteiger partial charge in [0.15, 0.2) is 6.61 Å². The third-order valence-corrected chi connectivity index (χ3v) is 7.72. The number of sulfonamides is 1. The maximum Gasteiger partial charge on any atom is 0.309 e. The van der Waals surface area contributed by atoms with E-state index in [9.17, 15) is 18.0 Å². The normalized spacial score (nSPS) is 18.4. The van der Waals surface area contributed by atoms with Crippen LogP contribution in [0.1, 0.15) is 57.4 Å². The van der Waals surface area contributed by atoms with Crippen LogP contribution in [0.5, 0.6) is 5.75 Å². The number of ether oxygens (including phenoxy) is 2.